The smallest absolute Gasteiger partial charge is 0.255 e. The minimum Gasteiger partial charge on any atom is -0.492 e. The molecular formula is C26H27ClN2O4S. The number of halogens is 1. The van der Waals surface area contributed by atoms with Crippen molar-refractivity contribution < 1.29 is 19.1 Å². The van der Waals surface area contributed by atoms with E-state index in [4.69, 9.17) is 21.1 Å². The maximum atomic E-state index is 12.7. The Balaban J connectivity index is 1.72. The quantitative estimate of drug-likeness (QED) is 0.326. The van der Waals surface area contributed by atoms with E-state index in [0.717, 1.165) is 5.56 Å². The predicted molar refractivity (Wildman–Crippen MR) is 139 cm³/mol. The lowest BCUT2D eigenvalue weighted by molar-refractivity contribution is -0.113. The molecule has 0 atom stereocenters. The molecule has 0 unspecified atom stereocenters. The maximum Gasteiger partial charge on any atom is 0.255 e. The fourth-order valence-corrected chi connectivity index (χ4v) is 4.03. The number of hydrogen-bond acceptors (Lipinski definition) is 5. The average Bonchev–Trinajstić information content (AvgIpc) is 2.83. The van der Waals surface area contributed by atoms with Crippen LogP contribution in [0.15, 0.2) is 66.7 Å². The monoisotopic (exact) mass is 498 g/mol. The Labute approximate surface area is 209 Å². The van der Waals surface area contributed by atoms with Gasteiger partial charge in [-0.25, -0.2) is 0 Å². The van der Waals surface area contributed by atoms with E-state index in [2.05, 4.69) is 10.6 Å². The molecule has 0 aliphatic carbocycles. The second kappa shape index (κ2) is 12.9. The minimum absolute atomic E-state index is 0.163. The van der Waals surface area contributed by atoms with Crippen LogP contribution in [0.2, 0.25) is 5.02 Å². The highest BCUT2D eigenvalue weighted by Crippen LogP contribution is 2.37. The fraction of sp³-hybridized carbons (Fsp3) is 0.231. The van der Waals surface area contributed by atoms with Crippen molar-refractivity contribution in [2.75, 3.05) is 29.6 Å². The van der Waals surface area contributed by atoms with Crippen molar-refractivity contribution in [3.05, 3.63) is 82.9 Å². The second-order valence-electron chi connectivity index (χ2n) is 7.20. The van der Waals surface area contributed by atoms with Gasteiger partial charge in [0.05, 0.1) is 30.3 Å². The van der Waals surface area contributed by atoms with Crippen LogP contribution >= 0.6 is 23.4 Å². The summed E-state index contributed by atoms with van der Waals surface area (Å²) in [6.45, 7) is 4.50. The van der Waals surface area contributed by atoms with Gasteiger partial charge in [0.25, 0.3) is 5.91 Å². The fourth-order valence-electron chi connectivity index (χ4n) is 3.12. The molecule has 3 rings (SSSR count). The Kier molecular flexibility index (Phi) is 9.67. The van der Waals surface area contributed by atoms with Crippen LogP contribution in [0.4, 0.5) is 11.4 Å². The lowest BCUT2D eigenvalue weighted by Gasteiger charge is -2.18. The third kappa shape index (κ3) is 7.43. The number of nitrogens with one attached hydrogen (secondary N) is 2. The van der Waals surface area contributed by atoms with Gasteiger partial charge in [-0.15, -0.1) is 11.8 Å². The third-order valence-corrected chi connectivity index (χ3v) is 5.91. The van der Waals surface area contributed by atoms with Gasteiger partial charge in [-0.2, -0.15) is 0 Å². The van der Waals surface area contributed by atoms with E-state index in [1.165, 1.54) is 11.8 Å². The third-order valence-electron chi connectivity index (χ3n) is 4.65. The zero-order chi connectivity index (χ0) is 24.3. The van der Waals surface area contributed by atoms with Crippen molar-refractivity contribution in [3.63, 3.8) is 0 Å². The molecule has 0 fully saturated rings. The number of amides is 2. The summed E-state index contributed by atoms with van der Waals surface area (Å²) in [5, 5.41) is 6.46. The van der Waals surface area contributed by atoms with Crippen LogP contribution in [0, 0.1) is 0 Å². The van der Waals surface area contributed by atoms with Gasteiger partial charge in [-0.3, -0.25) is 9.59 Å². The molecule has 0 bridgehead atoms. The molecule has 0 heterocycles. The van der Waals surface area contributed by atoms with Crippen molar-refractivity contribution in [3.8, 4) is 11.5 Å². The normalized spacial score (nSPS) is 10.4. The van der Waals surface area contributed by atoms with Crippen molar-refractivity contribution >= 4 is 46.6 Å². The van der Waals surface area contributed by atoms with E-state index in [1.807, 2.05) is 44.2 Å². The largest absolute Gasteiger partial charge is 0.492 e. The van der Waals surface area contributed by atoms with E-state index in [-0.39, 0.29) is 17.6 Å². The summed E-state index contributed by atoms with van der Waals surface area (Å²) in [6.07, 6.45) is 0. The minimum atomic E-state index is -0.264. The molecule has 0 aliphatic rings. The molecule has 34 heavy (non-hydrogen) atoms. The summed E-state index contributed by atoms with van der Waals surface area (Å²) in [5.41, 5.74) is 2.57. The van der Waals surface area contributed by atoms with Gasteiger partial charge in [0.15, 0.2) is 0 Å². The van der Waals surface area contributed by atoms with Gasteiger partial charge in [0, 0.05) is 28.5 Å². The van der Waals surface area contributed by atoms with E-state index in [9.17, 15) is 9.59 Å². The Morgan fingerprint density at radius 3 is 2.03 bits per heavy atom. The highest BCUT2D eigenvalue weighted by Gasteiger charge is 2.17. The summed E-state index contributed by atoms with van der Waals surface area (Å²) >= 11 is 7.41. The molecule has 3 aromatic carbocycles. The van der Waals surface area contributed by atoms with Crippen LogP contribution in [-0.2, 0) is 10.5 Å². The summed E-state index contributed by atoms with van der Waals surface area (Å²) in [7, 11) is 0. The zero-order valence-electron chi connectivity index (χ0n) is 19.1. The van der Waals surface area contributed by atoms with Crippen LogP contribution in [-0.4, -0.2) is 30.8 Å². The summed E-state index contributed by atoms with van der Waals surface area (Å²) in [5.74, 6) is 1.43. The Morgan fingerprint density at radius 1 is 0.853 bits per heavy atom. The lowest BCUT2D eigenvalue weighted by atomic mass is 10.2. The highest BCUT2D eigenvalue weighted by molar-refractivity contribution is 7.99. The molecule has 6 nitrogen and oxygen atoms in total. The number of thioether (sulfide) groups is 1. The van der Waals surface area contributed by atoms with Gasteiger partial charge in [0.1, 0.15) is 11.5 Å². The molecule has 0 aromatic heterocycles. The molecular weight excluding hydrogens is 472 g/mol. The van der Waals surface area contributed by atoms with Crippen LogP contribution < -0.4 is 20.1 Å². The number of rotatable bonds is 11. The number of benzene rings is 3. The SMILES string of the molecule is CCOc1cc(NC(=O)c2ccccc2)c(OCC)cc1NC(=O)CSCc1ccc(Cl)cc1. The van der Waals surface area contributed by atoms with E-state index in [0.29, 0.717) is 52.4 Å². The molecule has 2 N–H and O–H groups in total. The van der Waals surface area contributed by atoms with Crippen molar-refractivity contribution in [2.45, 2.75) is 19.6 Å². The Morgan fingerprint density at radius 2 is 1.44 bits per heavy atom. The molecule has 0 radical (unpaired) electrons. The van der Waals surface area contributed by atoms with E-state index in [1.54, 1.807) is 36.4 Å². The number of hydrogen-bond donors (Lipinski definition) is 2. The Hall–Kier alpha value is -3.16. The molecule has 8 heteroatoms. The topological polar surface area (TPSA) is 76.7 Å². The standard InChI is InChI=1S/C26H27ClN2O4S/c1-3-32-23-15-22(29-26(31)19-8-6-5-7-9-19)24(33-4-2)14-21(23)28-25(30)17-34-16-18-10-12-20(27)13-11-18/h5-15H,3-4,16-17H2,1-2H3,(H,28,30)(H,29,31). The van der Waals surface area contributed by atoms with Gasteiger partial charge < -0.3 is 20.1 Å². The predicted octanol–water partition coefficient (Wildman–Crippen LogP) is 6.26. The molecule has 0 spiro atoms. The second-order valence-corrected chi connectivity index (χ2v) is 8.62. The molecule has 178 valence electrons. The van der Waals surface area contributed by atoms with E-state index >= 15 is 0 Å². The first-order valence-corrected chi connectivity index (χ1v) is 12.5. The van der Waals surface area contributed by atoms with Crippen LogP contribution in [0.3, 0.4) is 0 Å². The van der Waals surface area contributed by atoms with Crippen molar-refractivity contribution in [2.24, 2.45) is 0 Å². The van der Waals surface area contributed by atoms with Crippen molar-refractivity contribution in [1.29, 1.82) is 0 Å². The number of ether oxygens (including phenoxy) is 2. The van der Waals surface area contributed by atoms with Crippen LogP contribution in [0.5, 0.6) is 11.5 Å². The van der Waals surface area contributed by atoms with Crippen LogP contribution in [0.1, 0.15) is 29.8 Å². The Bertz CT molecular complexity index is 1110. The summed E-state index contributed by atoms with van der Waals surface area (Å²) in [4.78, 5) is 25.3. The van der Waals surface area contributed by atoms with Gasteiger partial charge >= 0.3 is 0 Å². The first kappa shape index (κ1) is 25.5. The summed E-state index contributed by atoms with van der Waals surface area (Å²) in [6, 6.07) is 19.8. The van der Waals surface area contributed by atoms with Gasteiger partial charge in [-0.05, 0) is 43.7 Å². The van der Waals surface area contributed by atoms with Crippen molar-refractivity contribution in [1.82, 2.24) is 0 Å². The van der Waals surface area contributed by atoms with E-state index < -0.39 is 0 Å². The number of carbonyl (C=O) groups is 2. The number of carbonyl (C=O) groups excluding carboxylic acids is 2. The first-order chi connectivity index (χ1) is 16.5. The maximum absolute atomic E-state index is 12.7. The zero-order valence-corrected chi connectivity index (χ0v) is 20.7. The summed E-state index contributed by atoms with van der Waals surface area (Å²) < 4.78 is 11.5. The number of anilines is 2. The van der Waals surface area contributed by atoms with Gasteiger partial charge in [0.2, 0.25) is 5.91 Å². The molecule has 2 amide bonds. The molecule has 3 aromatic rings. The highest BCUT2D eigenvalue weighted by atomic mass is 35.5. The average molecular weight is 499 g/mol. The lowest BCUT2D eigenvalue weighted by Crippen LogP contribution is -2.17. The molecule has 0 saturated heterocycles. The molecule has 0 saturated carbocycles. The van der Waals surface area contributed by atoms with Crippen LogP contribution in [0.25, 0.3) is 0 Å². The molecule has 0 aliphatic heterocycles. The first-order valence-electron chi connectivity index (χ1n) is 10.9. The van der Waals surface area contributed by atoms with Gasteiger partial charge in [-0.1, -0.05) is 41.9 Å².